The Labute approximate surface area is 213 Å². The van der Waals surface area contributed by atoms with Gasteiger partial charge in [0.05, 0.1) is 16.9 Å². The van der Waals surface area contributed by atoms with Crippen LogP contribution in [0.1, 0.15) is 61.4 Å². The Hall–Kier alpha value is -3.80. The number of anilines is 3. The second-order valence-electron chi connectivity index (χ2n) is 9.61. The van der Waals surface area contributed by atoms with Crippen molar-refractivity contribution < 1.29 is 14.7 Å². The Balaban J connectivity index is 1.65. The molecule has 4 N–H and O–H groups in total. The van der Waals surface area contributed by atoms with Crippen LogP contribution in [0.25, 0.3) is 11.1 Å². The van der Waals surface area contributed by atoms with Crippen LogP contribution >= 0.6 is 0 Å². The molecule has 6 nitrogen and oxygen atoms in total. The Morgan fingerprint density at radius 3 is 2.33 bits per heavy atom. The second kappa shape index (κ2) is 11.8. The topological polar surface area (TPSA) is 90.5 Å². The van der Waals surface area contributed by atoms with Gasteiger partial charge in [-0.2, -0.15) is 0 Å². The molecule has 1 aliphatic rings. The van der Waals surface area contributed by atoms with Crippen molar-refractivity contribution in [1.82, 2.24) is 0 Å². The smallest absolute Gasteiger partial charge is 0.336 e. The molecule has 1 unspecified atom stereocenters. The van der Waals surface area contributed by atoms with Crippen LogP contribution in [0.5, 0.6) is 0 Å². The molecule has 0 saturated heterocycles. The summed E-state index contributed by atoms with van der Waals surface area (Å²) in [6, 6.07) is 20.2. The lowest BCUT2D eigenvalue weighted by molar-refractivity contribution is 0.0697. The van der Waals surface area contributed by atoms with E-state index >= 15 is 0 Å². The van der Waals surface area contributed by atoms with E-state index < -0.39 is 5.97 Å². The molecule has 0 aliphatic heterocycles. The zero-order valence-electron chi connectivity index (χ0n) is 21.0. The number of amides is 2. The van der Waals surface area contributed by atoms with Gasteiger partial charge in [-0.25, -0.2) is 9.59 Å². The van der Waals surface area contributed by atoms with E-state index in [9.17, 15) is 14.7 Å². The lowest BCUT2D eigenvalue weighted by Gasteiger charge is -2.31. The molecule has 0 spiro atoms. The molecule has 1 saturated carbocycles. The molecule has 188 valence electrons. The highest BCUT2D eigenvalue weighted by Crippen LogP contribution is 2.35. The molecular formula is C30H35N3O3. The van der Waals surface area contributed by atoms with Gasteiger partial charge in [-0.1, -0.05) is 68.1 Å². The molecule has 0 bridgehead atoms. The minimum Gasteiger partial charge on any atom is -0.478 e. The van der Waals surface area contributed by atoms with Crippen LogP contribution in [-0.4, -0.2) is 23.1 Å². The van der Waals surface area contributed by atoms with Crippen LogP contribution in [0.3, 0.4) is 0 Å². The first-order chi connectivity index (χ1) is 17.4. The number of hydrogen-bond acceptors (Lipinski definition) is 3. The van der Waals surface area contributed by atoms with Crippen molar-refractivity contribution in [3.05, 3.63) is 77.9 Å². The van der Waals surface area contributed by atoms with E-state index in [-0.39, 0.29) is 11.6 Å². The van der Waals surface area contributed by atoms with Crippen molar-refractivity contribution in [3.8, 4) is 11.1 Å². The highest BCUT2D eigenvalue weighted by Gasteiger charge is 2.23. The molecule has 3 aromatic carbocycles. The summed E-state index contributed by atoms with van der Waals surface area (Å²) in [5.41, 5.74) is 4.84. The normalized spacial score (nSPS) is 14.6. The number of urea groups is 1. The van der Waals surface area contributed by atoms with Crippen LogP contribution in [0, 0.1) is 12.8 Å². The van der Waals surface area contributed by atoms with Crippen LogP contribution < -0.4 is 16.0 Å². The van der Waals surface area contributed by atoms with Crippen LogP contribution in [-0.2, 0) is 0 Å². The SMILES string of the molecule is CCC(Nc1ccc(-c2ccccc2C(=O)O)cc1NC(=O)Nc1ccc(C)cc1)C1CCCCC1. The zero-order valence-corrected chi connectivity index (χ0v) is 21.0. The summed E-state index contributed by atoms with van der Waals surface area (Å²) in [7, 11) is 0. The lowest BCUT2D eigenvalue weighted by Crippen LogP contribution is -2.30. The van der Waals surface area contributed by atoms with Crippen LogP contribution in [0.2, 0.25) is 0 Å². The maximum Gasteiger partial charge on any atom is 0.336 e. The third kappa shape index (κ3) is 6.25. The predicted octanol–water partition coefficient (Wildman–Crippen LogP) is 7.78. The van der Waals surface area contributed by atoms with E-state index in [1.807, 2.05) is 55.5 Å². The van der Waals surface area contributed by atoms with Crippen molar-refractivity contribution in [3.63, 3.8) is 0 Å². The molecule has 1 fully saturated rings. The summed E-state index contributed by atoms with van der Waals surface area (Å²) in [5, 5.41) is 19.3. The Morgan fingerprint density at radius 2 is 1.64 bits per heavy atom. The molecule has 6 heteroatoms. The largest absolute Gasteiger partial charge is 0.478 e. The number of benzene rings is 3. The third-order valence-corrected chi connectivity index (χ3v) is 7.05. The standard InChI is InChI=1S/C30H35N3O3/c1-3-26(21-9-5-4-6-10-21)32-27-18-15-22(24-11-7-8-12-25(24)29(34)35)19-28(27)33-30(36)31-23-16-13-20(2)14-17-23/h7-8,11-19,21,26,32H,3-6,9-10H2,1-2H3,(H,34,35)(H2,31,33,36). The van der Waals surface area contributed by atoms with Crippen molar-refractivity contribution in [2.45, 2.75) is 58.4 Å². The minimum atomic E-state index is -0.984. The highest BCUT2D eigenvalue weighted by atomic mass is 16.4. The van der Waals surface area contributed by atoms with Gasteiger partial charge < -0.3 is 21.1 Å². The molecule has 0 radical (unpaired) electrons. The van der Waals surface area contributed by atoms with Gasteiger partial charge in [0.1, 0.15) is 0 Å². The number of nitrogens with one attached hydrogen (secondary N) is 3. The van der Waals surface area contributed by atoms with Crippen molar-refractivity contribution in [1.29, 1.82) is 0 Å². The molecule has 0 aromatic heterocycles. The molecule has 36 heavy (non-hydrogen) atoms. The summed E-state index contributed by atoms with van der Waals surface area (Å²) in [6.45, 7) is 4.19. The van der Waals surface area contributed by atoms with E-state index in [4.69, 9.17) is 0 Å². The first-order valence-corrected chi connectivity index (χ1v) is 12.8. The van der Waals surface area contributed by atoms with Crippen LogP contribution in [0.4, 0.5) is 21.9 Å². The Kier molecular flexibility index (Phi) is 8.26. The number of carbonyl (C=O) groups is 2. The average Bonchev–Trinajstić information content (AvgIpc) is 2.89. The summed E-state index contributed by atoms with van der Waals surface area (Å²) < 4.78 is 0. The lowest BCUT2D eigenvalue weighted by atomic mass is 9.83. The predicted molar refractivity (Wildman–Crippen MR) is 147 cm³/mol. The van der Waals surface area contributed by atoms with Crippen molar-refractivity contribution in [2.75, 3.05) is 16.0 Å². The number of carboxylic acid groups (broad SMARTS) is 1. The molecule has 1 atom stereocenters. The van der Waals surface area contributed by atoms with Gasteiger partial charge in [0.2, 0.25) is 0 Å². The van der Waals surface area contributed by atoms with Gasteiger partial charge in [0.25, 0.3) is 0 Å². The monoisotopic (exact) mass is 485 g/mol. The van der Waals surface area contributed by atoms with E-state index in [1.165, 1.54) is 32.1 Å². The van der Waals surface area contributed by atoms with E-state index in [2.05, 4.69) is 22.9 Å². The minimum absolute atomic E-state index is 0.224. The van der Waals surface area contributed by atoms with Crippen molar-refractivity contribution >= 4 is 29.1 Å². The Morgan fingerprint density at radius 1 is 0.917 bits per heavy atom. The number of hydrogen-bond donors (Lipinski definition) is 4. The first-order valence-electron chi connectivity index (χ1n) is 12.8. The van der Waals surface area contributed by atoms with Gasteiger partial charge in [-0.05, 0) is 73.6 Å². The second-order valence-corrected chi connectivity index (χ2v) is 9.61. The Bertz CT molecular complexity index is 1200. The molecule has 3 aromatic rings. The molecular weight excluding hydrogens is 450 g/mol. The number of carbonyl (C=O) groups excluding carboxylic acids is 1. The van der Waals surface area contributed by atoms with Gasteiger partial charge >= 0.3 is 12.0 Å². The first kappa shape index (κ1) is 25.3. The fourth-order valence-electron chi connectivity index (χ4n) is 5.07. The summed E-state index contributed by atoms with van der Waals surface area (Å²) in [5.74, 6) is -0.381. The van der Waals surface area contributed by atoms with E-state index in [0.717, 1.165) is 23.2 Å². The quantitative estimate of drug-likeness (QED) is 0.262. The van der Waals surface area contributed by atoms with Gasteiger partial charge in [0, 0.05) is 11.7 Å². The highest BCUT2D eigenvalue weighted by molar-refractivity contribution is 6.03. The van der Waals surface area contributed by atoms with Crippen molar-refractivity contribution in [2.24, 2.45) is 5.92 Å². The van der Waals surface area contributed by atoms with Gasteiger partial charge in [0.15, 0.2) is 0 Å². The van der Waals surface area contributed by atoms with Gasteiger partial charge in [-0.3, -0.25) is 0 Å². The molecule has 0 heterocycles. The number of carboxylic acids is 1. The molecule has 4 rings (SSSR count). The number of aryl methyl sites for hydroxylation is 1. The van der Waals surface area contributed by atoms with Crippen LogP contribution in [0.15, 0.2) is 66.7 Å². The third-order valence-electron chi connectivity index (χ3n) is 7.05. The summed E-state index contributed by atoms with van der Waals surface area (Å²) >= 11 is 0. The number of rotatable bonds is 8. The molecule has 1 aliphatic carbocycles. The van der Waals surface area contributed by atoms with Gasteiger partial charge in [-0.15, -0.1) is 0 Å². The maximum absolute atomic E-state index is 13.0. The fraction of sp³-hybridized carbons (Fsp3) is 0.333. The van der Waals surface area contributed by atoms with E-state index in [1.54, 1.807) is 18.2 Å². The average molecular weight is 486 g/mol. The number of aromatic carboxylic acids is 1. The molecule has 2 amide bonds. The maximum atomic E-state index is 13.0. The fourth-order valence-corrected chi connectivity index (χ4v) is 5.07. The summed E-state index contributed by atoms with van der Waals surface area (Å²) in [4.78, 5) is 24.8. The summed E-state index contributed by atoms with van der Waals surface area (Å²) in [6.07, 6.45) is 7.24. The zero-order chi connectivity index (χ0) is 25.5. The van der Waals surface area contributed by atoms with E-state index in [0.29, 0.717) is 28.9 Å².